The van der Waals surface area contributed by atoms with Gasteiger partial charge >= 0.3 is 5.97 Å². The summed E-state index contributed by atoms with van der Waals surface area (Å²) < 4.78 is 6.77. The van der Waals surface area contributed by atoms with Crippen LogP contribution >= 0.6 is 23.2 Å². The first-order valence-corrected chi connectivity index (χ1v) is 8.99. The molecule has 0 bridgehead atoms. The fourth-order valence-electron chi connectivity index (χ4n) is 2.60. The minimum atomic E-state index is -0.420. The van der Waals surface area contributed by atoms with Crippen molar-refractivity contribution >= 4 is 29.2 Å². The SMILES string of the molecule is CCOC(=O)c1cc(-c2ccc(C)cc2)nn1Cc1cc(Cl)ccc1Cl. The molecule has 3 aromatic rings. The zero-order valence-corrected chi connectivity index (χ0v) is 16.0. The van der Waals surface area contributed by atoms with Crippen molar-refractivity contribution in [1.82, 2.24) is 9.78 Å². The first-order valence-electron chi connectivity index (χ1n) is 8.24. The van der Waals surface area contributed by atoms with E-state index in [1.807, 2.05) is 31.2 Å². The van der Waals surface area contributed by atoms with Gasteiger partial charge in [0.2, 0.25) is 0 Å². The van der Waals surface area contributed by atoms with Gasteiger partial charge in [-0.3, -0.25) is 4.68 Å². The van der Waals surface area contributed by atoms with Gasteiger partial charge in [0.05, 0.1) is 18.8 Å². The van der Waals surface area contributed by atoms with Crippen LogP contribution in [0.15, 0.2) is 48.5 Å². The van der Waals surface area contributed by atoms with Gasteiger partial charge < -0.3 is 4.74 Å². The summed E-state index contributed by atoms with van der Waals surface area (Å²) in [7, 11) is 0. The molecule has 0 saturated heterocycles. The highest BCUT2D eigenvalue weighted by Crippen LogP contribution is 2.25. The van der Waals surface area contributed by atoms with E-state index in [2.05, 4.69) is 5.10 Å². The summed E-state index contributed by atoms with van der Waals surface area (Å²) in [5.41, 5.74) is 3.94. The van der Waals surface area contributed by atoms with Gasteiger partial charge in [0.1, 0.15) is 5.69 Å². The molecule has 0 saturated carbocycles. The van der Waals surface area contributed by atoms with Crippen molar-refractivity contribution in [2.24, 2.45) is 0 Å². The number of halogens is 2. The molecule has 0 N–H and O–H groups in total. The van der Waals surface area contributed by atoms with Crippen molar-refractivity contribution < 1.29 is 9.53 Å². The van der Waals surface area contributed by atoms with Gasteiger partial charge in [0, 0.05) is 15.6 Å². The third-order valence-corrected chi connectivity index (χ3v) is 4.54. The Bertz CT molecular complexity index is 933. The van der Waals surface area contributed by atoms with Crippen LogP contribution in [-0.2, 0) is 11.3 Å². The van der Waals surface area contributed by atoms with Gasteiger partial charge in [-0.1, -0.05) is 53.0 Å². The maximum absolute atomic E-state index is 12.4. The van der Waals surface area contributed by atoms with Crippen LogP contribution in [-0.4, -0.2) is 22.4 Å². The van der Waals surface area contributed by atoms with E-state index in [0.717, 1.165) is 16.7 Å². The molecule has 0 amide bonds. The van der Waals surface area contributed by atoms with Crippen molar-refractivity contribution in [1.29, 1.82) is 0 Å². The summed E-state index contributed by atoms with van der Waals surface area (Å²) in [6.07, 6.45) is 0. The molecule has 134 valence electrons. The summed E-state index contributed by atoms with van der Waals surface area (Å²) in [4.78, 5) is 12.4. The Morgan fingerprint density at radius 1 is 1.12 bits per heavy atom. The first kappa shape index (κ1) is 18.5. The van der Waals surface area contributed by atoms with E-state index in [-0.39, 0.29) is 0 Å². The van der Waals surface area contributed by atoms with Crippen LogP contribution < -0.4 is 0 Å². The van der Waals surface area contributed by atoms with Crippen LogP contribution in [0.1, 0.15) is 28.5 Å². The Morgan fingerprint density at radius 3 is 2.54 bits per heavy atom. The third-order valence-electron chi connectivity index (χ3n) is 3.94. The summed E-state index contributed by atoms with van der Waals surface area (Å²) >= 11 is 12.3. The highest BCUT2D eigenvalue weighted by Gasteiger charge is 2.18. The molecule has 0 unspecified atom stereocenters. The van der Waals surface area contributed by atoms with Crippen LogP contribution in [0, 0.1) is 6.92 Å². The molecule has 0 spiro atoms. The maximum atomic E-state index is 12.4. The van der Waals surface area contributed by atoms with E-state index < -0.39 is 5.97 Å². The topological polar surface area (TPSA) is 44.1 Å². The van der Waals surface area contributed by atoms with E-state index in [0.29, 0.717) is 34.6 Å². The zero-order chi connectivity index (χ0) is 18.7. The number of esters is 1. The van der Waals surface area contributed by atoms with Gasteiger partial charge in [-0.2, -0.15) is 5.10 Å². The van der Waals surface area contributed by atoms with E-state index >= 15 is 0 Å². The summed E-state index contributed by atoms with van der Waals surface area (Å²) in [5.74, 6) is -0.420. The normalized spacial score (nSPS) is 10.8. The fraction of sp³-hybridized carbons (Fsp3) is 0.200. The molecular formula is C20H18Cl2N2O2. The quantitative estimate of drug-likeness (QED) is 0.550. The standard InChI is InChI=1S/C20H18Cl2N2O2/c1-3-26-20(25)19-11-18(14-6-4-13(2)5-7-14)23-24(19)12-15-10-16(21)8-9-17(15)22/h4-11H,3,12H2,1-2H3. The highest BCUT2D eigenvalue weighted by molar-refractivity contribution is 6.33. The van der Waals surface area contributed by atoms with E-state index in [4.69, 9.17) is 27.9 Å². The molecule has 2 aromatic carbocycles. The Morgan fingerprint density at radius 2 is 1.85 bits per heavy atom. The van der Waals surface area contributed by atoms with Crippen molar-refractivity contribution in [3.8, 4) is 11.3 Å². The molecule has 1 heterocycles. The monoisotopic (exact) mass is 388 g/mol. The molecule has 4 nitrogen and oxygen atoms in total. The number of aromatic nitrogens is 2. The summed E-state index contributed by atoms with van der Waals surface area (Å²) in [5, 5.41) is 5.74. The molecular weight excluding hydrogens is 371 g/mol. The predicted octanol–water partition coefficient (Wildman–Crippen LogP) is 5.39. The van der Waals surface area contributed by atoms with Crippen LogP contribution in [0.2, 0.25) is 10.0 Å². The minimum Gasteiger partial charge on any atom is -0.461 e. The molecule has 0 aliphatic carbocycles. The van der Waals surface area contributed by atoms with Crippen LogP contribution in [0.3, 0.4) is 0 Å². The molecule has 1 aromatic heterocycles. The predicted molar refractivity (Wildman–Crippen MR) is 104 cm³/mol. The third kappa shape index (κ3) is 4.09. The number of ether oxygens (including phenoxy) is 1. The Labute approximate surface area is 162 Å². The van der Waals surface area contributed by atoms with E-state index in [9.17, 15) is 4.79 Å². The number of aryl methyl sites for hydroxylation is 1. The lowest BCUT2D eigenvalue weighted by molar-refractivity contribution is 0.0512. The highest BCUT2D eigenvalue weighted by atomic mass is 35.5. The van der Waals surface area contributed by atoms with E-state index in [1.54, 1.807) is 35.9 Å². The molecule has 0 fully saturated rings. The lowest BCUT2D eigenvalue weighted by Gasteiger charge is -2.09. The molecule has 26 heavy (non-hydrogen) atoms. The molecule has 0 aliphatic rings. The minimum absolute atomic E-state index is 0.293. The lowest BCUT2D eigenvalue weighted by Crippen LogP contribution is -2.14. The molecule has 0 atom stereocenters. The average Bonchev–Trinajstić information content (AvgIpc) is 3.03. The van der Waals surface area contributed by atoms with Gasteiger partial charge in [-0.25, -0.2) is 4.79 Å². The maximum Gasteiger partial charge on any atom is 0.356 e. The number of benzene rings is 2. The van der Waals surface area contributed by atoms with Gasteiger partial charge in [-0.05, 0) is 43.7 Å². The summed E-state index contributed by atoms with van der Waals surface area (Å²) in [6.45, 7) is 4.40. The second-order valence-corrected chi connectivity index (χ2v) is 6.74. The van der Waals surface area contributed by atoms with Gasteiger partial charge in [0.15, 0.2) is 0 Å². The number of carbonyl (C=O) groups is 1. The number of rotatable bonds is 5. The first-order chi connectivity index (χ1) is 12.5. The number of nitrogens with zero attached hydrogens (tertiary/aromatic N) is 2. The molecule has 6 heteroatoms. The number of hydrogen-bond acceptors (Lipinski definition) is 3. The number of hydrogen-bond donors (Lipinski definition) is 0. The number of carbonyl (C=O) groups excluding carboxylic acids is 1. The molecule has 0 radical (unpaired) electrons. The Kier molecular flexibility index (Phi) is 5.64. The second kappa shape index (κ2) is 7.94. The van der Waals surface area contributed by atoms with Crippen LogP contribution in [0.5, 0.6) is 0 Å². The van der Waals surface area contributed by atoms with Crippen LogP contribution in [0.4, 0.5) is 0 Å². The lowest BCUT2D eigenvalue weighted by atomic mass is 10.1. The fourth-order valence-corrected chi connectivity index (χ4v) is 2.97. The van der Waals surface area contributed by atoms with Crippen molar-refractivity contribution in [2.75, 3.05) is 6.61 Å². The van der Waals surface area contributed by atoms with Crippen molar-refractivity contribution in [3.05, 3.63) is 75.4 Å². The van der Waals surface area contributed by atoms with Gasteiger partial charge in [0.25, 0.3) is 0 Å². The van der Waals surface area contributed by atoms with Crippen molar-refractivity contribution in [2.45, 2.75) is 20.4 Å². The zero-order valence-electron chi connectivity index (χ0n) is 14.5. The molecule has 3 rings (SSSR count). The Balaban J connectivity index is 2.02. The Hall–Kier alpha value is -2.30. The smallest absolute Gasteiger partial charge is 0.356 e. The largest absolute Gasteiger partial charge is 0.461 e. The molecule has 0 aliphatic heterocycles. The summed E-state index contributed by atoms with van der Waals surface area (Å²) in [6, 6.07) is 14.9. The average molecular weight is 389 g/mol. The second-order valence-electron chi connectivity index (χ2n) is 5.89. The van der Waals surface area contributed by atoms with Gasteiger partial charge in [-0.15, -0.1) is 0 Å². The van der Waals surface area contributed by atoms with Crippen LogP contribution in [0.25, 0.3) is 11.3 Å². The van der Waals surface area contributed by atoms with E-state index in [1.165, 1.54) is 0 Å². The van der Waals surface area contributed by atoms with Crippen molar-refractivity contribution in [3.63, 3.8) is 0 Å².